The molecule has 6 heteroatoms. The molecule has 142 valence electrons. The molecule has 0 aliphatic carbocycles. The molecule has 6 nitrogen and oxygen atoms in total. The second-order valence-electron chi connectivity index (χ2n) is 6.70. The van der Waals surface area contributed by atoms with Crippen LogP contribution in [0, 0.1) is 6.92 Å². The van der Waals surface area contributed by atoms with Gasteiger partial charge in [0, 0.05) is 28.5 Å². The van der Waals surface area contributed by atoms with Gasteiger partial charge in [0.2, 0.25) is 5.91 Å². The zero-order chi connectivity index (χ0) is 20.0. The molecule has 0 saturated heterocycles. The largest absolute Gasteiger partial charge is 0.376 e. The predicted octanol–water partition coefficient (Wildman–Crippen LogP) is 3.39. The van der Waals surface area contributed by atoms with Gasteiger partial charge in [0.1, 0.15) is 0 Å². The molecule has 2 aromatic rings. The van der Waals surface area contributed by atoms with Gasteiger partial charge in [0.15, 0.2) is 5.78 Å². The molecule has 0 aromatic heterocycles. The third-order valence-electron chi connectivity index (χ3n) is 3.90. The fraction of sp³-hybridized carbons (Fsp3) is 0.286. The minimum Gasteiger partial charge on any atom is -0.376 e. The van der Waals surface area contributed by atoms with Gasteiger partial charge < -0.3 is 16.0 Å². The van der Waals surface area contributed by atoms with Crippen LogP contribution in [0.4, 0.5) is 11.4 Å². The van der Waals surface area contributed by atoms with E-state index >= 15 is 0 Å². The topological polar surface area (TPSA) is 87.3 Å². The zero-order valence-electron chi connectivity index (χ0n) is 16.1. The highest BCUT2D eigenvalue weighted by molar-refractivity contribution is 5.98. The van der Waals surface area contributed by atoms with Crippen molar-refractivity contribution in [2.24, 2.45) is 0 Å². The Bertz CT molecular complexity index is 860. The Morgan fingerprint density at radius 2 is 1.74 bits per heavy atom. The van der Waals surface area contributed by atoms with Crippen molar-refractivity contribution in [1.29, 1.82) is 0 Å². The van der Waals surface area contributed by atoms with E-state index in [0.29, 0.717) is 16.8 Å². The molecular formula is C21H25N3O3. The Labute approximate surface area is 159 Å². The second kappa shape index (κ2) is 8.98. The maximum Gasteiger partial charge on any atom is 0.251 e. The van der Waals surface area contributed by atoms with Crippen LogP contribution < -0.4 is 16.0 Å². The van der Waals surface area contributed by atoms with Crippen LogP contribution in [0.15, 0.2) is 42.5 Å². The third-order valence-corrected chi connectivity index (χ3v) is 3.90. The molecule has 0 heterocycles. The first-order valence-corrected chi connectivity index (χ1v) is 8.82. The van der Waals surface area contributed by atoms with E-state index in [1.807, 2.05) is 20.8 Å². The number of anilines is 2. The van der Waals surface area contributed by atoms with Crippen molar-refractivity contribution >= 4 is 29.0 Å². The van der Waals surface area contributed by atoms with Gasteiger partial charge in [-0.15, -0.1) is 0 Å². The molecule has 0 spiro atoms. The number of carbonyl (C=O) groups excluding carboxylic acids is 3. The summed E-state index contributed by atoms with van der Waals surface area (Å²) in [6, 6.07) is 12.2. The van der Waals surface area contributed by atoms with E-state index in [1.165, 1.54) is 6.92 Å². The van der Waals surface area contributed by atoms with Gasteiger partial charge in [-0.05, 0) is 63.6 Å². The average Bonchev–Trinajstić information content (AvgIpc) is 2.60. The number of nitrogens with one attached hydrogen (secondary N) is 3. The summed E-state index contributed by atoms with van der Waals surface area (Å²) in [4.78, 5) is 35.6. The summed E-state index contributed by atoms with van der Waals surface area (Å²) in [7, 11) is 0. The number of Topliss-reactive ketones (excluding diaryl/α,β-unsaturated/α-hetero) is 1. The van der Waals surface area contributed by atoms with Crippen molar-refractivity contribution in [3.63, 3.8) is 0 Å². The van der Waals surface area contributed by atoms with Crippen molar-refractivity contribution < 1.29 is 14.4 Å². The van der Waals surface area contributed by atoms with Crippen LogP contribution in [0.5, 0.6) is 0 Å². The monoisotopic (exact) mass is 367 g/mol. The van der Waals surface area contributed by atoms with E-state index in [1.54, 1.807) is 42.5 Å². The molecule has 2 amide bonds. The molecule has 0 aliphatic heterocycles. The van der Waals surface area contributed by atoms with Crippen LogP contribution in [0.3, 0.4) is 0 Å². The van der Waals surface area contributed by atoms with Gasteiger partial charge in [0.05, 0.1) is 6.54 Å². The molecule has 2 aromatic carbocycles. The summed E-state index contributed by atoms with van der Waals surface area (Å²) < 4.78 is 0. The van der Waals surface area contributed by atoms with E-state index in [9.17, 15) is 14.4 Å². The van der Waals surface area contributed by atoms with Gasteiger partial charge in [-0.25, -0.2) is 0 Å². The first-order chi connectivity index (χ1) is 12.8. The van der Waals surface area contributed by atoms with Crippen LogP contribution >= 0.6 is 0 Å². The Kier molecular flexibility index (Phi) is 6.71. The van der Waals surface area contributed by atoms with E-state index in [-0.39, 0.29) is 30.2 Å². The Morgan fingerprint density at radius 3 is 2.37 bits per heavy atom. The number of carbonyl (C=O) groups is 3. The van der Waals surface area contributed by atoms with Gasteiger partial charge >= 0.3 is 0 Å². The summed E-state index contributed by atoms with van der Waals surface area (Å²) in [6.45, 7) is 7.25. The molecular weight excluding hydrogens is 342 g/mol. The predicted molar refractivity (Wildman–Crippen MR) is 107 cm³/mol. The second-order valence-corrected chi connectivity index (χ2v) is 6.70. The fourth-order valence-corrected chi connectivity index (χ4v) is 2.55. The van der Waals surface area contributed by atoms with Crippen LogP contribution in [-0.4, -0.2) is 30.2 Å². The summed E-state index contributed by atoms with van der Waals surface area (Å²) in [5.41, 5.74) is 3.36. The van der Waals surface area contributed by atoms with Gasteiger partial charge in [-0.3, -0.25) is 14.4 Å². The highest BCUT2D eigenvalue weighted by Gasteiger charge is 2.10. The Morgan fingerprint density at radius 1 is 1.00 bits per heavy atom. The lowest BCUT2D eigenvalue weighted by atomic mass is 10.1. The number of rotatable bonds is 7. The average molecular weight is 367 g/mol. The summed E-state index contributed by atoms with van der Waals surface area (Å²) in [5, 5.41) is 8.68. The minimum atomic E-state index is -0.225. The third kappa shape index (κ3) is 5.95. The number of aryl methyl sites for hydroxylation is 1. The molecule has 0 fully saturated rings. The molecule has 0 atom stereocenters. The maximum atomic E-state index is 12.2. The summed E-state index contributed by atoms with van der Waals surface area (Å²) >= 11 is 0. The normalized spacial score (nSPS) is 10.4. The van der Waals surface area contributed by atoms with Crippen molar-refractivity contribution in [3.8, 4) is 0 Å². The van der Waals surface area contributed by atoms with Crippen LogP contribution in [0.2, 0.25) is 0 Å². The van der Waals surface area contributed by atoms with Crippen LogP contribution in [-0.2, 0) is 4.79 Å². The zero-order valence-corrected chi connectivity index (χ0v) is 16.1. The summed E-state index contributed by atoms with van der Waals surface area (Å²) in [6.07, 6.45) is 0. The van der Waals surface area contributed by atoms with Crippen LogP contribution in [0.1, 0.15) is 47.1 Å². The molecule has 0 aliphatic rings. The molecule has 0 radical (unpaired) electrons. The van der Waals surface area contributed by atoms with E-state index in [4.69, 9.17) is 0 Å². The Hall–Kier alpha value is -3.15. The fourth-order valence-electron chi connectivity index (χ4n) is 2.55. The minimum absolute atomic E-state index is 0.0542. The van der Waals surface area contributed by atoms with Crippen molar-refractivity contribution in [2.75, 3.05) is 17.2 Å². The SMILES string of the molecule is CC(=O)c1cccc(NC(=O)CNc2ccc(C(=O)NC(C)C)cc2C)c1. The molecule has 0 bridgehead atoms. The van der Waals surface area contributed by atoms with Gasteiger partial charge in [-0.2, -0.15) is 0 Å². The van der Waals surface area contributed by atoms with Gasteiger partial charge in [0.25, 0.3) is 5.91 Å². The van der Waals surface area contributed by atoms with E-state index in [2.05, 4.69) is 16.0 Å². The van der Waals surface area contributed by atoms with Crippen LogP contribution in [0.25, 0.3) is 0 Å². The van der Waals surface area contributed by atoms with E-state index in [0.717, 1.165) is 11.3 Å². The van der Waals surface area contributed by atoms with Crippen molar-refractivity contribution in [1.82, 2.24) is 5.32 Å². The highest BCUT2D eigenvalue weighted by Crippen LogP contribution is 2.17. The maximum absolute atomic E-state index is 12.2. The molecule has 2 rings (SSSR count). The lowest BCUT2D eigenvalue weighted by molar-refractivity contribution is -0.114. The quantitative estimate of drug-likeness (QED) is 0.655. The molecule has 3 N–H and O–H groups in total. The van der Waals surface area contributed by atoms with Crippen molar-refractivity contribution in [3.05, 3.63) is 59.2 Å². The number of hydrogen-bond donors (Lipinski definition) is 3. The number of hydrogen-bond acceptors (Lipinski definition) is 4. The summed E-state index contributed by atoms with van der Waals surface area (Å²) in [5.74, 6) is -0.402. The number of benzene rings is 2. The lowest BCUT2D eigenvalue weighted by Crippen LogP contribution is -2.30. The van der Waals surface area contributed by atoms with Crippen molar-refractivity contribution in [2.45, 2.75) is 33.7 Å². The first kappa shape index (κ1) is 20.2. The molecule has 0 unspecified atom stereocenters. The lowest BCUT2D eigenvalue weighted by Gasteiger charge is -2.13. The first-order valence-electron chi connectivity index (χ1n) is 8.82. The number of amides is 2. The van der Waals surface area contributed by atoms with Gasteiger partial charge in [-0.1, -0.05) is 12.1 Å². The number of ketones is 1. The smallest absolute Gasteiger partial charge is 0.251 e. The van der Waals surface area contributed by atoms with E-state index < -0.39 is 0 Å². The standard InChI is InChI=1S/C21H25N3O3/c1-13(2)23-21(27)17-8-9-19(14(3)10-17)22-12-20(26)24-18-7-5-6-16(11-18)15(4)25/h5-11,13,22H,12H2,1-4H3,(H,23,27)(H,24,26). The Balaban J connectivity index is 1.96. The molecule has 27 heavy (non-hydrogen) atoms. The highest BCUT2D eigenvalue weighted by atomic mass is 16.2. The molecule has 0 saturated carbocycles.